The number of fused-ring (bicyclic) bond motifs is 2. The van der Waals surface area contributed by atoms with Crippen molar-refractivity contribution in [2.24, 2.45) is 10.2 Å². The molecule has 0 aliphatic rings. The van der Waals surface area contributed by atoms with Crippen LogP contribution in [0.3, 0.4) is 0 Å². The minimum Gasteiger partial charge on any atom is -0.505 e. The van der Waals surface area contributed by atoms with Crippen molar-refractivity contribution in [1.82, 2.24) is 9.97 Å². The number of azo groups is 1. The van der Waals surface area contributed by atoms with Crippen molar-refractivity contribution in [3.05, 3.63) is 57.8 Å². The zero-order valence-electron chi connectivity index (χ0n) is 12.0. The standard InChI is InChI=1S/C16H9ClN4O2S/c17-9-5-3-4-8-12(9)19-15(23)13(14(8)22)20-21-16-18-10-6-1-2-7-11(10)24-16/h1-7H,(H2,19,22,23). The van der Waals surface area contributed by atoms with Crippen LogP contribution in [-0.2, 0) is 0 Å². The summed E-state index contributed by atoms with van der Waals surface area (Å²) in [4.78, 5) is 19.1. The molecule has 0 aliphatic heterocycles. The molecule has 2 heterocycles. The van der Waals surface area contributed by atoms with E-state index in [0.29, 0.717) is 21.1 Å². The smallest absolute Gasteiger partial charge is 0.280 e. The molecule has 2 aromatic carbocycles. The predicted molar refractivity (Wildman–Crippen MR) is 95.0 cm³/mol. The number of aromatic hydroxyl groups is 1. The molecule has 118 valence electrons. The molecule has 0 saturated carbocycles. The summed E-state index contributed by atoms with van der Waals surface area (Å²) in [5.41, 5.74) is 0.419. The van der Waals surface area contributed by atoms with E-state index in [0.717, 1.165) is 10.2 Å². The highest BCUT2D eigenvalue weighted by Gasteiger charge is 2.13. The van der Waals surface area contributed by atoms with Gasteiger partial charge in [0.05, 0.1) is 20.8 Å². The maximum absolute atomic E-state index is 12.2. The Balaban J connectivity index is 1.83. The molecule has 0 spiro atoms. The van der Waals surface area contributed by atoms with Gasteiger partial charge < -0.3 is 10.1 Å². The van der Waals surface area contributed by atoms with Crippen LogP contribution < -0.4 is 5.56 Å². The van der Waals surface area contributed by atoms with Crippen molar-refractivity contribution >= 4 is 54.9 Å². The van der Waals surface area contributed by atoms with E-state index in [1.165, 1.54) is 11.3 Å². The molecule has 0 radical (unpaired) electrons. The summed E-state index contributed by atoms with van der Waals surface area (Å²) in [6.07, 6.45) is 0. The Morgan fingerprint density at radius 2 is 1.96 bits per heavy atom. The third kappa shape index (κ3) is 2.44. The minimum atomic E-state index is -0.571. The first-order chi connectivity index (χ1) is 11.6. The zero-order valence-corrected chi connectivity index (χ0v) is 13.6. The number of nitrogens with one attached hydrogen (secondary N) is 1. The third-order valence-corrected chi connectivity index (χ3v) is 4.70. The van der Waals surface area contributed by atoms with Crippen LogP contribution in [0.15, 0.2) is 57.5 Å². The average molecular weight is 357 g/mol. The first-order valence-corrected chi connectivity index (χ1v) is 8.14. The first kappa shape index (κ1) is 14.8. The van der Waals surface area contributed by atoms with Gasteiger partial charge in [-0.3, -0.25) is 4.79 Å². The highest BCUT2D eigenvalue weighted by atomic mass is 35.5. The highest BCUT2D eigenvalue weighted by molar-refractivity contribution is 7.21. The van der Waals surface area contributed by atoms with Gasteiger partial charge in [-0.15, -0.1) is 10.2 Å². The number of aromatic nitrogens is 2. The molecule has 0 aliphatic carbocycles. The first-order valence-electron chi connectivity index (χ1n) is 6.94. The molecule has 0 saturated heterocycles. The van der Waals surface area contributed by atoms with Gasteiger partial charge in [-0.1, -0.05) is 41.1 Å². The second-order valence-electron chi connectivity index (χ2n) is 4.98. The van der Waals surface area contributed by atoms with E-state index >= 15 is 0 Å². The number of aromatic amines is 1. The van der Waals surface area contributed by atoms with Gasteiger partial charge in [0.1, 0.15) is 0 Å². The number of hydrogen-bond donors (Lipinski definition) is 2. The topological polar surface area (TPSA) is 90.7 Å². The number of pyridine rings is 1. The maximum atomic E-state index is 12.2. The molecule has 0 atom stereocenters. The van der Waals surface area contributed by atoms with E-state index in [4.69, 9.17) is 11.6 Å². The predicted octanol–water partition coefficient (Wildman–Crippen LogP) is 4.91. The van der Waals surface area contributed by atoms with Gasteiger partial charge >= 0.3 is 0 Å². The summed E-state index contributed by atoms with van der Waals surface area (Å²) in [7, 11) is 0. The molecule has 6 nitrogen and oxygen atoms in total. The maximum Gasteiger partial charge on any atom is 0.280 e. The third-order valence-electron chi connectivity index (χ3n) is 3.46. The number of thiazole rings is 1. The van der Waals surface area contributed by atoms with Crippen molar-refractivity contribution in [3.8, 4) is 5.75 Å². The lowest BCUT2D eigenvalue weighted by Crippen LogP contribution is -2.05. The number of para-hydroxylation sites is 2. The summed E-state index contributed by atoms with van der Waals surface area (Å²) in [5, 5.41) is 19.3. The lowest BCUT2D eigenvalue weighted by Gasteiger charge is -2.04. The SMILES string of the molecule is O=c1[nH]c2c(Cl)cccc2c(O)c1N=Nc1nc2ccccc2s1. The van der Waals surface area contributed by atoms with Crippen molar-refractivity contribution in [1.29, 1.82) is 0 Å². The Morgan fingerprint density at radius 3 is 2.79 bits per heavy atom. The van der Waals surface area contributed by atoms with Gasteiger partial charge in [0.25, 0.3) is 5.56 Å². The van der Waals surface area contributed by atoms with Crippen LogP contribution in [0.5, 0.6) is 5.75 Å². The summed E-state index contributed by atoms with van der Waals surface area (Å²) in [6, 6.07) is 12.5. The molecule has 2 N–H and O–H groups in total. The van der Waals surface area contributed by atoms with Crippen molar-refractivity contribution in [3.63, 3.8) is 0 Å². The molecular formula is C16H9ClN4O2S. The summed E-state index contributed by atoms with van der Waals surface area (Å²) >= 11 is 7.38. The minimum absolute atomic E-state index is 0.177. The van der Waals surface area contributed by atoms with Crippen LogP contribution in [0.2, 0.25) is 5.02 Å². The highest BCUT2D eigenvalue weighted by Crippen LogP contribution is 2.35. The quantitative estimate of drug-likeness (QED) is 0.500. The van der Waals surface area contributed by atoms with E-state index in [1.807, 2.05) is 24.3 Å². The van der Waals surface area contributed by atoms with Crippen LogP contribution in [-0.4, -0.2) is 15.1 Å². The fourth-order valence-corrected chi connectivity index (χ4v) is 3.35. The Hall–Kier alpha value is -2.77. The lowest BCUT2D eigenvalue weighted by molar-refractivity contribution is 0.481. The second-order valence-corrected chi connectivity index (χ2v) is 6.39. The summed E-state index contributed by atoms with van der Waals surface area (Å²) in [6.45, 7) is 0. The fraction of sp³-hybridized carbons (Fsp3) is 0. The van der Waals surface area contributed by atoms with Gasteiger partial charge in [0.2, 0.25) is 5.13 Å². The Bertz CT molecular complexity index is 1130. The zero-order chi connectivity index (χ0) is 16.7. The van der Waals surface area contributed by atoms with Crippen LogP contribution >= 0.6 is 22.9 Å². The van der Waals surface area contributed by atoms with Crippen LogP contribution in [0.4, 0.5) is 10.8 Å². The number of nitrogens with zero attached hydrogens (tertiary/aromatic N) is 3. The molecule has 8 heteroatoms. The summed E-state index contributed by atoms with van der Waals surface area (Å²) in [5.74, 6) is -0.263. The molecule has 2 aromatic heterocycles. The number of hydrogen-bond acceptors (Lipinski definition) is 6. The number of halogens is 1. The molecule has 0 bridgehead atoms. The van der Waals surface area contributed by atoms with E-state index in [9.17, 15) is 9.90 Å². The second kappa shape index (κ2) is 5.70. The van der Waals surface area contributed by atoms with Gasteiger partial charge in [0.15, 0.2) is 11.4 Å². The van der Waals surface area contributed by atoms with Crippen molar-refractivity contribution in [2.45, 2.75) is 0 Å². The van der Waals surface area contributed by atoms with E-state index in [1.54, 1.807) is 18.2 Å². The molecule has 0 fully saturated rings. The number of H-pyrrole nitrogens is 1. The van der Waals surface area contributed by atoms with Crippen molar-refractivity contribution < 1.29 is 5.11 Å². The van der Waals surface area contributed by atoms with Gasteiger partial charge in [-0.05, 0) is 24.3 Å². The molecule has 0 amide bonds. The Morgan fingerprint density at radius 1 is 1.12 bits per heavy atom. The molecule has 4 rings (SSSR count). The number of rotatable bonds is 2. The lowest BCUT2D eigenvalue weighted by atomic mass is 10.2. The van der Waals surface area contributed by atoms with Crippen molar-refractivity contribution in [2.75, 3.05) is 0 Å². The van der Waals surface area contributed by atoms with Crippen LogP contribution in [0.25, 0.3) is 21.1 Å². The van der Waals surface area contributed by atoms with Gasteiger partial charge in [-0.25, -0.2) is 4.98 Å². The monoisotopic (exact) mass is 356 g/mol. The normalized spacial score (nSPS) is 11.7. The molecular weight excluding hydrogens is 348 g/mol. The largest absolute Gasteiger partial charge is 0.505 e. The number of benzene rings is 2. The van der Waals surface area contributed by atoms with Gasteiger partial charge in [0, 0.05) is 5.39 Å². The van der Waals surface area contributed by atoms with Crippen LogP contribution in [0.1, 0.15) is 0 Å². The van der Waals surface area contributed by atoms with E-state index in [2.05, 4.69) is 20.2 Å². The Labute approximate surface area is 144 Å². The Kier molecular flexibility index (Phi) is 3.51. The average Bonchev–Trinajstić information content (AvgIpc) is 2.98. The molecule has 0 unspecified atom stereocenters. The molecule has 4 aromatic rings. The fourth-order valence-electron chi connectivity index (χ4n) is 2.34. The summed E-state index contributed by atoms with van der Waals surface area (Å²) < 4.78 is 0.967. The van der Waals surface area contributed by atoms with E-state index < -0.39 is 5.56 Å². The van der Waals surface area contributed by atoms with Gasteiger partial charge in [-0.2, -0.15) is 0 Å². The molecule has 24 heavy (non-hydrogen) atoms. The van der Waals surface area contributed by atoms with Crippen LogP contribution in [0, 0.1) is 0 Å². The van der Waals surface area contributed by atoms with E-state index in [-0.39, 0.29) is 11.4 Å².